The average molecular weight is 188 g/mol. The van der Waals surface area contributed by atoms with E-state index in [1.165, 1.54) is 7.11 Å². The molecule has 0 atom stereocenters. The molecule has 4 heteroatoms. The van der Waals surface area contributed by atoms with Crippen LogP contribution in [0.1, 0.15) is 20.3 Å². The number of rotatable bonds is 5. The van der Waals surface area contributed by atoms with Gasteiger partial charge in [-0.2, -0.15) is 0 Å². The molecule has 0 aromatic carbocycles. The van der Waals surface area contributed by atoms with Crippen LogP contribution in [0, 0.1) is 0 Å². The van der Waals surface area contributed by atoms with Crippen LogP contribution in [0.2, 0.25) is 0 Å². The van der Waals surface area contributed by atoms with Crippen molar-refractivity contribution in [3.63, 3.8) is 0 Å². The van der Waals surface area contributed by atoms with Crippen LogP contribution in [0.3, 0.4) is 0 Å². The summed E-state index contributed by atoms with van der Waals surface area (Å²) in [5, 5.41) is 0. The molecule has 1 amide bonds. The van der Waals surface area contributed by atoms with Crippen molar-refractivity contribution in [2.24, 2.45) is 5.73 Å². The Morgan fingerprint density at radius 3 is 2.46 bits per heavy atom. The van der Waals surface area contributed by atoms with Gasteiger partial charge in [-0.25, -0.2) is 0 Å². The van der Waals surface area contributed by atoms with E-state index in [1.54, 1.807) is 25.8 Å². The van der Waals surface area contributed by atoms with Crippen molar-refractivity contribution in [3.8, 4) is 0 Å². The largest absolute Gasteiger partial charge is 0.369 e. The third-order valence-electron chi connectivity index (χ3n) is 2.07. The van der Waals surface area contributed by atoms with E-state index in [4.69, 9.17) is 10.5 Å². The number of amides is 1. The summed E-state index contributed by atoms with van der Waals surface area (Å²) in [5.41, 5.74) is 4.62. The Morgan fingerprint density at radius 1 is 1.54 bits per heavy atom. The Morgan fingerprint density at radius 2 is 2.08 bits per heavy atom. The average Bonchev–Trinajstić information content (AvgIpc) is 2.12. The third kappa shape index (κ3) is 3.74. The van der Waals surface area contributed by atoms with Gasteiger partial charge in [-0.1, -0.05) is 0 Å². The molecule has 0 saturated carbocycles. The van der Waals surface area contributed by atoms with Gasteiger partial charge in [-0.05, 0) is 26.8 Å². The van der Waals surface area contributed by atoms with E-state index < -0.39 is 5.60 Å². The van der Waals surface area contributed by atoms with Crippen molar-refractivity contribution in [2.75, 3.05) is 27.2 Å². The molecule has 4 nitrogen and oxygen atoms in total. The molecule has 0 bridgehead atoms. The van der Waals surface area contributed by atoms with Crippen LogP contribution < -0.4 is 5.73 Å². The molecule has 0 aliphatic carbocycles. The van der Waals surface area contributed by atoms with Crippen molar-refractivity contribution < 1.29 is 9.53 Å². The molecule has 0 aromatic heterocycles. The van der Waals surface area contributed by atoms with E-state index >= 15 is 0 Å². The van der Waals surface area contributed by atoms with Gasteiger partial charge in [0.15, 0.2) is 0 Å². The molecule has 0 spiro atoms. The lowest BCUT2D eigenvalue weighted by Gasteiger charge is -2.27. The first-order valence-electron chi connectivity index (χ1n) is 4.46. The Kier molecular flexibility index (Phi) is 4.95. The number of methoxy groups -OCH3 is 1. The quantitative estimate of drug-likeness (QED) is 0.671. The van der Waals surface area contributed by atoms with Crippen LogP contribution in [-0.4, -0.2) is 43.7 Å². The lowest BCUT2D eigenvalue weighted by atomic mass is 10.1. The van der Waals surface area contributed by atoms with Crippen LogP contribution in [0.15, 0.2) is 0 Å². The van der Waals surface area contributed by atoms with Crippen molar-refractivity contribution in [2.45, 2.75) is 25.9 Å². The lowest BCUT2D eigenvalue weighted by Crippen LogP contribution is -2.45. The van der Waals surface area contributed by atoms with Gasteiger partial charge in [0.1, 0.15) is 5.60 Å². The smallest absolute Gasteiger partial charge is 0.253 e. The number of hydrogen-bond donors (Lipinski definition) is 1. The summed E-state index contributed by atoms with van der Waals surface area (Å²) in [6.07, 6.45) is 0.821. The minimum atomic E-state index is -0.733. The predicted octanol–water partition coefficient (Wildman–Crippen LogP) is 0.219. The zero-order chi connectivity index (χ0) is 10.5. The SMILES string of the molecule is COC(C)(C)C(=O)N(C)CCCN. The van der Waals surface area contributed by atoms with E-state index in [2.05, 4.69) is 0 Å². The number of ether oxygens (including phenoxy) is 1. The fourth-order valence-electron chi connectivity index (χ4n) is 0.977. The second-order valence-electron chi connectivity index (χ2n) is 3.58. The molecule has 0 radical (unpaired) electrons. The van der Waals surface area contributed by atoms with Gasteiger partial charge in [-0.15, -0.1) is 0 Å². The summed E-state index contributed by atoms with van der Waals surface area (Å²) < 4.78 is 5.08. The van der Waals surface area contributed by atoms with Gasteiger partial charge >= 0.3 is 0 Å². The fourth-order valence-corrected chi connectivity index (χ4v) is 0.977. The highest BCUT2D eigenvalue weighted by Crippen LogP contribution is 2.10. The predicted molar refractivity (Wildman–Crippen MR) is 52.4 cm³/mol. The topological polar surface area (TPSA) is 55.6 Å². The fraction of sp³-hybridized carbons (Fsp3) is 0.889. The number of carbonyl (C=O) groups is 1. The van der Waals surface area contributed by atoms with Gasteiger partial charge in [-0.3, -0.25) is 4.79 Å². The van der Waals surface area contributed by atoms with Crippen LogP contribution in [0.4, 0.5) is 0 Å². The molecular formula is C9H20N2O2. The highest BCUT2D eigenvalue weighted by Gasteiger charge is 2.29. The number of nitrogens with two attached hydrogens (primary N) is 1. The zero-order valence-corrected chi connectivity index (χ0v) is 8.96. The molecule has 2 N–H and O–H groups in total. The van der Waals surface area contributed by atoms with E-state index in [9.17, 15) is 4.79 Å². The van der Waals surface area contributed by atoms with Crippen LogP contribution in [0.25, 0.3) is 0 Å². The summed E-state index contributed by atoms with van der Waals surface area (Å²) in [6.45, 7) is 4.80. The summed E-state index contributed by atoms with van der Waals surface area (Å²) in [6, 6.07) is 0. The molecule has 0 rings (SSSR count). The summed E-state index contributed by atoms with van der Waals surface area (Å²) >= 11 is 0. The Hall–Kier alpha value is -0.610. The second-order valence-corrected chi connectivity index (χ2v) is 3.58. The van der Waals surface area contributed by atoms with E-state index in [0.29, 0.717) is 13.1 Å². The van der Waals surface area contributed by atoms with Crippen molar-refractivity contribution in [1.29, 1.82) is 0 Å². The third-order valence-corrected chi connectivity index (χ3v) is 2.07. The van der Waals surface area contributed by atoms with E-state index in [-0.39, 0.29) is 5.91 Å². The number of carbonyl (C=O) groups excluding carboxylic acids is 1. The monoisotopic (exact) mass is 188 g/mol. The normalized spacial score (nSPS) is 11.5. The second kappa shape index (κ2) is 5.19. The van der Waals surface area contributed by atoms with Gasteiger partial charge in [0.2, 0.25) is 0 Å². The Labute approximate surface area is 80.0 Å². The molecule has 0 aliphatic heterocycles. The summed E-state index contributed by atoms with van der Waals surface area (Å²) in [5.74, 6) is -0.0107. The van der Waals surface area contributed by atoms with Crippen LogP contribution >= 0.6 is 0 Å². The number of nitrogens with zero attached hydrogens (tertiary/aromatic N) is 1. The molecule has 0 unspecified atom stereocenters. The molecule has 0 aliphatic rings. The maximum atomic E-state index is 11.7. The van der Waals surface area contributed by atoms with Crippen molar-refractivity contribution in [1.82, 2.24) is 4.90 Å². The minimum Gasteiger partial charge on any atom is -0.369 e. The molecule has 78 valence electrons. The standard InChI is InChI=1S/C9H20N2O2/c1-9(2,13-4)8(12)11(3)7-5-6-10/h5-7,10H2,1-4H3. The first-order chi connectivity index (χ1) is 5.95. The van der Waals surface area contributed by atoms with Crippen LogP contribution in [0.5, 0.6) is 0 Å². The molecule has 13 heavy (non-hydrogen) atoms. The number of hydrogen-bond acceptors (Lipinski definition) is 3. The van der Waals surface area contributed by atoms with Gasteiger partial charge < -0.3 is 15.4 Å². The molecular weight excluding hydrogens is 168 g/mol. The summed E-state index contributed by atoms with van der Waals surface area (Å²) in [7, 11) is 3.30. The molecule has 0 heterocycles. The van der Waals surface area contributed by atoms with Gasteiger partial charge in [0, 0.05) is 20.7 Å². The van der Waals surface area contributed by atoms with Crippen LogP contribution in [-0.2, 0) is 9.53 Å². The Bertz CT molecular complexity index is 169. The maximum absolute atomic E-state index is 11.7. The number of likely N-dealkylation sites (N-methyl/N-ethyl adjacent to an activating group) is 1. The van der Waals surface area contributed by atoms with E-state index in [0.717, 1.165) is 6.42 Å². The van der Waals surface area contributed by atoms with Gasteiger partial charge in [0.25, 0.3) is 5.91 Å². The minimum absolute atomic E-state index is 0.0107. The highest BCUT2D eigenvalue weighted by atomic mass is 16.5. The van der Waals surface area contributed by atoms with Gasteiger partial charge in [0.05, 0.1) is 0 Å². The van der Waals surface area contributed by atoms with Crippen molar-refractivity contribution in [3.05, 3.63) is 0 Å². The zero-order valence-electron chi connectivity index (χ0n) is 8.96. The molecule has 0 saturated heterocycles. The first kappa shape index (κ1) is 12.4. The summed E-state index contributed by atoms with van der Waals surface area (Å²) in [4.78, 5) is 13.3. The highest BCUT2D eigenvalue weighted by molar-refractivity contribution is 5.84. The Balaban J connectivity index is 4.09. The maximum Gasteiger partial charge on any atom is 0.253 e. The van der Waals surface area contributed by atoms with Crippen molar-refractivity contribution >= 4 is 5.91 Å². The lowest BCUT2D eigenvalue weighted by molar-refractivity contribution is -0.149. The molecule has 0 aromatic rings. The first-order valence-corrected chi connectivity index (χ1v) is 4.46. The molecule has 0 fully saturated rings. The van der Waals surface area contributed by atoms with E-state index in [1.807, 2.05) is 0 Å².